The van der Waals surface area contributed by atoms with Gasteiger partial charge < -0.3 is 5.32 Å². The monoisotopic (exact) mass is 420 g/mol. The molecule has 6 nitrogen and oxygen atoms in total. The number of rotatable bonds is 4. The van der Waals surface area contributed by atoms with Crippen molar-refractivity contribution in [2.45, 2.75) is 18.9 Å². The molecule has 1 fully saturated rings. The molecule has 30 heavy (non-hydrogen) atoms. The van der Waals surface area contributed by atoms with Gasteiger partial charge in [-0.1, -0.05) is 24.3 Å². The van der Waals surface area contributed by atoms with Gasteiger partial charge in [-0.3, -0.25) is 14.3 Å². The van der Waals surface area contributed by atoms with Gasteiger partial charge in [0.05, 0.1) is 24.1 Å². The molecule has 4 aromatic rings. The van der Waals surface area contributed by atoms with Crippen LogP contribution in [0.5, 0.6) is 0 Å². The van der Waals surface area contributed by atoms with E-state index in [-0.39, 0.29) is 12.4 Å². The van der Waals surface area contributed by atoms with E-state index in [0.717, 1.165) is 59.4 Å². The zero-order chi connectivity index (χ0) is 19.6. The fourth-order valence-electron chi connectivity index (χ4n) is 3.92. The van der Waals surface area contributed by atoms with Crippen molar-refractivity contribution in [3.63, 3.8) is 0 Å². The zero-order valence-corrected chi connectivity index (χ0v) is 17.7. The summed E-state index contributed by atoms with van der Waals surface area (Å²) >= 11 is 0. The molecule has 1 N–H and O–H groups in total. The van der Waals surface area contributed by atoms with E-state index in [0.29, 0.717) is 6.04 Å². The number of aryl methyl sites for hydroxylation is 1. The highest BCUT2D eigenvalue weighted by atomic mass is 35.5. The van der Waals surface area contributed by atoms with Crippen LogP contribution < -0.4 is 5.32 Å². The summed E-state index contributed by atoms with van der Waals surface area (Å²) in [5.74, 6) is 0. The van der Waals surface area contributed by atoms with Gasteiger partial charge in [0.15, 0.2) is 0 Å². The van der Waals surface area contributed by atoms with Crippen LogP contribution in [0, 0.1) is 0 Å². The summed E-state index contributed by atoms with van der Waals surface area (Å²) < 4.78 is 3.93. The lowest BCUT2D eigenvalue weighted by Gasteiger charge is -2.22. The van der Waals surface area contributed by atoms with Crippen LogP contribution in [-0.4, -0.2) is 37.6 Å². The van der Waals surface area contributed by atoms with E-state index in [2.05, 4.69) is 62.8 Å². The standard InChI is InChI=1S/C23H24N6.ClH/c1-28-15-20(13-26-28)17-3-2-4-18(11-17)23-6-5-19(12-25-23)21-14-27-29(16-21)22-7-9-24-10-8-22;/h2-6,11-16,22,24H,7-10H2,1H3;1H. The van der Waals surface area contributed by atoms with Gasteiger partial charge in [-0.15, -0.1) is 12.4 Å². The van der Waals surface area contributed by atoms with Crippen molar-refractivity contribution in [3.05, 3.63) is 67.4 Å². The summed E-state index contributed by atoms with van der Waals surface area (Å²) in [6, 6.07) is 13.1. The predicted octanol–water partition coefficient (Wildman–Crippen LogP) is 4.36. The second-order valence-electron chi connectivity index (χ2n) is 7.61. The fourth-order valence-corrected chi connectivity index (χ4v) is 3.92. The first kappa shape index (κ1) is 20.3. The van der Waals surface area contributed by atoms with E-state index < -0.39 is 0 Å². The quantitative estimate of drug-likeness (QED) is 0.533. The maximum absolute atomic E-state index is 4.72. The van der Waals surface area contributed by atoms with E-state index in [9.17, 15) is 0 Å². The van der Waals surface area contributed by atoms with E-state index in [1.165, 1.54) is 0 Å². The third-order valence-corrected chi connectivity index (χ3v) is 5.58. The maximum atomic E-state index is 4.72. The third-order valence-electron chi connectivity index (χ3n) is 5.58. The van der Waals surface area contributed by atoms with Gasteiger partial charge in [0.1, 0.15) is 0 Å². The summed E-state index contributed by atoms with van der Waals surface area (Å²) in [5, 5.41) is 12.3. The number of halogens is 1. The van der Waals surface area contributed by atoms with Crippen LogP contribution in [0.1, 0.15) is 18.9 Å². The SMILES string of the molecule is Cl.Cn1cc(-c2cccc(-c3ccc(-c4cnn(C5CCNCC5)c4)cn3)c2)cn1. The Balaban J connectivity index is 0.00000218. The highest BCUT2D eigenvalue weighted by Crippen LogP contribution is 2.27. The first-order valence-corrected chi connectivity index (χ1v) is 10.1. The number of benzene rings is 1. The largest absolute Gasteiger partial charge is 0.317 e. The molecule has 1 saturated heterocycles. The number of pyridine rings is 1. The fraction of sp³-hybridized carbons (Fsp3) is 0.261. The van der Waals surface area contributed by atoms with Crippen molar-refractivity contribution >= 4 is 12.4 Å². The average molecular weight is 421 g/mol. The molecule has 154 valence electrons. The number of hydrogen-bond donors (Lipinski definition) is 1. The molecule has 0 atom stereocenters. The first-order chi connectivity index (χ1) is 14.3. The maximum Gasteiger partial charge on any atom is 0.0702 e. The number of aromatic nitrogens is 5. The topological polar surface area (TPSA) is 60.6 Å². The second-order valence-corrected chi connectivity index (χ2v) is 7.61. The summed E-state index contributed by atoms with van der Waals surface area (Å²) in [5.41, 5.74) is 6.53. The van der Waals surface area contributed by atoms with Gasteiger partial charge in [-0.2, -0.15) is 10.2 Å². The molecule has 1 aromatic carbocycles. The minimum Gasteiger partial charge on any atom is -0.317 e. The Hall–Kier alpha value is -2.96. The molecular weight excluding hydrogens is 396 g/mol. The molecule has 7 heteroatoms. The van der Waals surface area contributed by atoms with Gasteiger partial charge in [0.25, 0.3) is 0 Å². The minimum atomic E-state index is 0. The third kappa shape index (κ3) is 4.15. The summed E-state index contributed by atoms with van der Waals surface area (Å²) in [6.07, 6.45) is 12.2. The molecule has 1 aliphatic heterocycles. The Kier molecular flexibility index (Phi) is 5.97. The van der Waals surface area contributed by atoms with Crippen molar-refractivity contribution in [2.75, 3.05) is 13.1 Å². The highest BCUT2D eigenvalue weighted by Gasteiger charge is 2.16. The molecular formula is C23H25ClN6. The molecule has 1 aliphatic rings. The van der Waals surface area contributed by atoms with Gasteiger partial charge in [0.2, 0.25) is 0 Å². The van der Waals surface area contributed by atoms with Gasteiger partial charge in [0, 0.05) is 47.9 Å². The van der Waals surface area contributed by atoms with E-state index in [4.69, 9.17) is 4.98 Å². The van der Waals surface area contributed by atoms with Crippen molar-refractivity contribution in [1.82, 2.24) is 29.9 Å². The van der Waals surface area contributed by atoms with Gasteiger partial charge in [-0.25, -0.2) is 0 Å². The lowest BCUT2D eigenvalue weighted by atomic mass is 10.0. The lowest BCUT2D eigenvalue weighted by Crippen LogP contribution is -2.29. The second kappa shape index (κ2) is 8.81. The zero-order valence-electron chi connectivity index (χ0n) is 16.9. The number of nitrogens with zero attached hydrogens (tertiary/aromatic N) is 5. The number of hydrogen-bond acceptors (Lipinski definition) is 4. The van der Waals surface area contributed by atoms with Crippen LogP contribution in [0.2, 0.25) is 0 Å². The normalized spacial score (nSPS) is 14.4. The molecule has 5 rings (SSSR count). The number of nitrogens with one attached hydrogen (secondary N) is 1. The molecule has 0 aliphatic carbocycles. The van der Waals surface area contributed by atoms with E-state index >= 15 is 0 Å². The van der Waals surface area contributed by atoms with Crippen molar-refractivity contribution in [3.8, 4) is 33.5 Å². The Morgan fingerprint density at radius 3 is 2.33 bits per heavy atom. The molecule has 0 unspecified atom stereocenters. The Labute approximate surface area is 182 Å². The Morgan fingerprint density at radius 2 is 1.60 bits per heavy atom. The highest BCUT2D eigenvalue weighted by molar-refractivity contribution is 5.85. The van der Waals surface area contributed by atoms with Crippen molar-refractivity contribution in [1.29, 1.82) is 0 Å². The van der Waals surface area contributed by atoms with Crippen LogP contribution in [0.15, 0.2) is 67.4 Å². The van der Waals surface area contributed by atoms with Crippen LogP contribution in [0.3, 0.4) is 0 Å². The summed E-state index contributed by atoms with van der Waals surface area (Å²) in [6.45, 7) is 2.13. The van der Waals surface area contributed by atoms with Crippen LogP contribution >= 0.6 is 12.4 Å². The van der Waals surface area contributed by atoms with Crippen LogP contribution in [-0.2, 0) is 7.05 Å². The molecule has 0 amide bonds. The predicted molar refractivity (Wildman–Crippen MR) is 121 cm³/mol. The molecule has 0 bridgehead atoms. The lowest BCUT2D eigenvalue weighted by molar-refractivity contribution is 0.343. The molecule has 0 saturated carbocycles. The first-order valence-electron chi connectivity index (χ1n) is 10.1. The summed E-state index contributed by atoms with van der Waals surface area (Å²) in [4.78, 5) is 4.72. The smallest absolute Gasteiger partial charge is 0.0702 e. The average Bonchev–Trinajstić information content (AvgIpc) is 3.44. The molecule has 3 aromatic heterocycles. The summed E-state index contributed by atoms with van der Waals surface area (Å²) in [7, 11) is 1.93. The van der Waals surface area contributed by atoms with Gasteiger partial charge >= 0.3 is 0 Å². The molecule has 0 spiro atoms. The van der Waals surface area contributed by atoms with Gasteiger partial charge in [-0.05, 0) is 43.6 Å². The van der Waals surface area contributed by atoms with E-state index in [1.54, 1.807) is 0 Å². The van der Waals surface area contributed by atoms with Crippen molar-refractivity contribution < 1.29 is 0 Å². The molecule has 0 radical (unpaired) electrons. The number of piperidine rings is 1. The minimum absolute atomic E-state index is 0. The van der Waals surface area contributed by atoms with Crippen LogP contribution in [0.25, 0.3) is 33.5 Å². The van der Waals surface area contributed by atoms with Crippen molar-refractivity contribution in [2.24, 2.45) is 7.05 Å². The molecule has 4 heterocycles. The van der Waals surface area contributed by atoms with E-state index in [1.807, 2.05) is 36.5 Å². The Bertz CT molecular complexity index is 1110. The Morgan fingerprint density at radius 1 is 0.833 bits per heavy atom. The van der Waals surface area contributed by atoms with Crippen LogP contribution in [0.4, 0.5) is 0 Å².